The van der Waals surface area contributed by atoms with Gasteiger partial charge in [0.2, 0.25) is 0 Å². The van der Waals surface area contributed by atoms with Gasteiger partial charge in [0.05, 0.1) is 6.07 Å². The van der Waals surface area contributed by atoms with Gasteiger partial charge in [-0.3, -0.25) is 0 Å². The molecule has 0 aliphatic heterocycles. The fourth-order valence-corrected chi connectivity index (χ4v) is 1.03. The van der Waals surface area contributed by atoms with Gasteiger partial charge in [-0.05, 0) is 12.5 Å². The predicted octanol–water partition coefficient (Wildman–Crippen LogP) is 1.50. The lowest BCUT2D eigenvalue weighted by atomic mass is 9.98. The van der Waals surface area contributed by atoms with Crippen molar-refractivity contribution in [1.29, 1.82) is 5.26 Å². The predicted molar refractivity (Wildman–Crippen MR) is 46.4 cm³/mol. The number of aliphatic hydroxyl groups is 1. The van der Waals surface area contributed by atoms with Crippen LogP contribution in [-0.2, 0) is 6.42 Å². The standard InChI is InChI=1S/C10H11NO/c1-10(12,8-11)7-9-5-3-2-4-6-9/h2-6,12H,7H2,1H3/t10-/m0/s1. The van der Waals surface area contributed by atoms with Crippen molar-refractivity contribution >= 4 is 0 Å². The molecule has 0 amide bonds. The van der Waals surface area contributed by atoms with Crippen molar-refractivity contribution in [2.45, 2.75) is 18.9 Å². The zero-order valence-electron chi connectivity index (χ0n) is 6.99. The second kappa shape index (κ2) is 3.38. The Bertz CT molecular complexity index is 284. The second-order valence-corrected chi connectivity index (χ2v) is 3.05. The minimum Gasteiger partial charge on any atom is -0.375 e. The smallest absolute Gasteiger partial charge is 0.152 e. The number of rotatable bonds is 2. The molecule has 1 aromatic carbocycles. The first-order chi connectivity index (χ1) is 5.64. The molecular weight excluding hydrogens is 150 g/mol. The van der Waals surface area contributed by atoms with Crippen LogP contribution >= 0.6 is 0 Å². The highest BCUT2D eigenvalue weighted by molar-refractivity contribution is 5.19. The third-order valence-corrected chi connectivity index (χ3v) is 1.63. The lowest BCUT2D eigenvalue weighted by molar-refractivity contribution is 0.120. The molecule has 0 fully saturated rings. The molecule has 0 aromatic heterocycles. The van der Waals surface area contributed by atoms with Crippen molar-refractivity contribution in [1.82, 2.24) is 0 Å². The molecule has 0 saturated heterocycles. The summed E-state index contributed by atoms with van der Waals surface area (Å²) in [5.41, 5.74) is -0.273. The van der Waals surface area contributed by atoms with Crippen molar-refractivity contribution in [3.63, 3.8) is 0 Å². The molecule has 2 heteroatoms. The van der Waals surface area contributed by atoms with E-state index in [0.29, 0.717) is 6.42 Å². The average molecular weight is 161 g/mol. The van der Waals surface area contributed by atoms with E-state index in [1.807, 2.05) is 36.4 Å². The highest BCUT2D eigenvalue weighted by Crippen LogP contribution is 2.11. The van der Waals surface area contributed by atoms with Gasteiger partial charge in [-0.25, -0.2) is 0 Å². The Hall–Kier alpha value is -1.33. The van der Waals surface area contributed by atoms with E-state index in [9.17, 15) is 5.11 Å². The van der Waals surface area contributed by atoms with Crippen molar-refractivity contribution in [2.75, 3.05) is 0 Å². The molecule has 0 unspecified atom stereocenters. The van der Waals surface area contributed by atoms with E-state index in [1.54, 1.807) is 0 Å². The van der Waals surface area contributed by atoms with E-state index in [4.69, 9.17) is 5.26 Å². The summed E-state index contributed by atoms with van der Waals surface area (Å²) in [5.74, 6) is 0. The Kier molecular flexibility index (Phi) is 2.47. The van der Waals surface area contributed by atoms with Crippen LogP contribution in [0.1, 0.15) is 12.5 Å². The molecule has 0 radical (unpaired) electrons. The summed E-state index contributed by atoms with van der Waals surface area (Å²) in [6, 6.07) is 11.3. The monoisotopic (exact) mass is 161 g/mol. The summed E-state index contributed by atoms with van der Waals surface area (Å²) in [6.07, 6.45) is 0.379. The van der Waals surface area contributed by atoms with Crippen LogP contribution in [0.2, 0.25) is 0 Å². The van der Waals surface area contributed by atoms with Crippen molar-refractivity contribution in [3.8, 4) is 6.07 Å². The minimum atomic E-state index is -1.25. The maximum atomic E-state index is 9.42. The third-order valence-electron chi connectivity index (χ3n) is 1.63. The van der Waals surface area contributed by atoms with Gasteiger partial charge in [-0.1, -0.05) is 30.3 Å². The Morgan fingerprint density at radius 1 is 1.42 bits per heavy atom. The Morgan fingerprint density at radius 3 is 2.50 bits per heavy atom. The number of hydrogen-bond donors (Lipinski definition) is 1. The molecule has 1 aromatic rings. The fraction of sp³-hybridized carbons (Fsp3) is 0.300. The van der Waals surface area contributed by atoms with Crippen molar-refractivity contribution in [2.24, 2.45) is 0 Å². The molecule has 12 heavy (non-hydrogen) atoms. The van der Waals surface area contributed by atoms with Gasteiger partial charge in [0.15, 0.2) is 5.60 Å². The maximum Gasteiger partial charge on any atom is 0.152 e. The van der Waals surface area contributed by atoms with E-state index in [2.05, 4.69) is 0 Å². The van der Waals surface area contributed by atoms with Gasteiger partial charge in [0.25, 0.3) is 0 Å². The summed E-state index contributed by atoms with van der Waals surface area (Å²) in [4.78, 5) is 0. The van der Waals surface area contributed by atoms with E-state index >= 15 is 0 Å². The van der Waals surface area contributed by atoms with Crippen molar-refractivity contribution < 1.29 is 5.11 Å². The Morgan fingerprint density at radius 2 is 2.00 bits per heavy atom. The molecule has 1 atom stereocenters. The Balaban J connectivity index is 2.72. The second-order valence-electron chi connectivity index (χ2n) is 3.05. The summed E-state index contributed by atoms with van der Waals surface area (Å²) in [7, 11) is 0. The lowest BCUT2D eigenvalue weighted by Gasteiger charge is -2.13. The maximum absolute atomic E-state index is 9.42. The van der Waals surface area contributed by atoms with Crippen molar-refractivity contribution in [3.05, 3.63) is 35.9 Å². The number of nitrogens with zero attached hydrogens (tertiary/aromatic N) is 1. The summed E-state index contributed by atoms with van der Waals surface area (Å²) in [6.45, 7) is 1.51. The highest BCUT2D eigenvalue weighted by Gasteiger charge is 2.18. The number of hydrogen-bond acceptors (Lipinski definition) is 2. The number of benzene rings is 1. The topological polar surface area (TPSA) is 44.0 Å². The Labute approximate surface area is 72.1 Å². The normalized spacial score (nSPS) is 14.8. The molecular formula is C10H11NO. The molecule has 1 rings (SSSR count). The van der Waals surface area contributed by atoms with Crippen LogP contribution < -0.4 is 0 Å². The largest absolute Gasteiger partial charge is 0.375 e. The van der Waals surface area contributed by atoms with E-state index in [1.165, 1.54) is 6.92 Å². The van der Waals surface area contributed by atoms with Gasteiger partial charge >= 0.3 is 0 Å². The lowest BCUT2D eigenvalue weighted by Crippen LogP contribution is -2.24. The van der Waals surface area contributed by atoms with E-state index < -0.39 is 5.60 Å². The van der Waals surface area contributed by atoms with Crippen LogP contribution in [0, 0.1) is 11.3 Å². The summed E-state index contributed by atoms with van der Waals surface area (Å²) < 4.78 is 0. The SMILES string of the molecule is C[C@@](O)(C#N)Cc1ccccc1. The fourth-order valence-electron chi connectivity index (χ4n) is 1.03. The zero-order chi connectivity index (χ0) is 9.03. The first kappa shape index (κ1) is 8.76. The quantitative estimate of drug-likeness (QED) is 0.668. The first-order valence-electron chi connectivity index (χ1n) is 3.82. The van der Waals surface area contributed by atoms with Crippen LogP contribution in [0.4, 0.5) is 0 Å². The first-order valence-corrected chi connectivity index (χ1v) is 3.82. The van der Waals surface area contributed by atoms with Gasteiger partial charge in [0.1, 0.15) is 0 Å². The van der Waals surface area contributed by atoms with E-state index in [0.717, 1.165) is 5.56 Å². The van der Waals surface area contributed by atoms with Crippen LogP contribution in [0.25, 0.3) is 0 Å². The van der Waals surface area contributed by atoms with Gasteiger partial charge in [-0.2, -0.15) is 5.26 Å². The van der Waals surface area contributed by atoms with Crippen LogP contribution in [-0.4, -0.2) is 10.7 Å². The molecule has 62 valence electrons. The minimum absolute atomic E-state index is 0.379. The molecule has 2 nitrogen and oxygen atoms in total. The van der Waals surface area contributed by atoms with E-state index in [-0.39, 0.29) is 0 Å². The number of nitriles is 1. The molecule has 0 aliphatic rings. The van der Waals surface area contributed by atoms with Crippen LogP contribution in [0.3, 0.4) is 0 Å². The third kappa shape index (κ3) is 2.37. The molecule has 0 bridgehead atoms. The molecule has 1 N–H and O–H groups in total. The van der Waals surface area contributed by atoms with Crippen LogP contribution in [0.5, 0.6) is 0 Å². The van der Waals surface area contributed by atoms with Gasteiger partial charge in [0, 0.05) is 6.42 Å². The molecule has 0 saturated carbocycles. The molecule has 0 aliphatic carbocycles. The molecule has 0 spiro atoms. The van der Waals surface area contributed by atoms with Crippen LogP contribution in [0.15, 0.2) is 30.3 Å². The van der Waals surface area contributed by atoms with Gasteiger partial charge < -0.3 is 5.11 Å². The highest BCUT2D eigenvalue weighted by atomic mass is 16.3. The average Bonchev–Trinajstić information content (AvgIpc) is 2.06. The molecule has 0 heterocycles. The summed E-state index contributed by atoms with van der Waals surface area (Å²) >= 11 is 0. The summed E-state index contributed by atoms with van der Waals surface area (Å²) in [5, 5.41) is 18.0. The zero-order valence-corrected chi connectivity index (χ0v) is 6.99. The van der Waals surface area contributed by atoms with Gasteiger partial charge in [-0.15, -0.1) is 0 Å².